The highest BCUT2D eigenvalue weighted by Crippen LogP contribution is 2.32. The number of anilines is 2. The Labute approximate surface area is 120 Å². The van der Waals surface area contributed by atoms with Crippen LogP contribution in [0.15, 0.2) is 34.9 Å². The maximum Gasteiger partial charge on any atom is 0.144 e. The molecule has 0 saturated carbocycles. The number of rotatable bonds is 6. The molecule has 0 spiro atoms. The van der Waals surface area contributed by atoms with E-state index in [-0.39, 0.29) is 0 Å². The van der Waals surface area contributed by atoms with E-state index < -0.39 is 0 Å². The fourth-order valence-corrected chi connectivity index (χ4v) is 2.12. The molecular formula is C16H22N2O2. The molecule has 0 aliphatic carbocycles. The van der Waals surface area contributed by atoms with Crippen molar-refractivity contribution in [1.82, 2.24) is 0 Å². The lowest BCUT2D eigenvalue weighted by Crippen LogP contribution is -2.18. The molecular weight excluding hydrogens is 252 g/mol. The zero-order chi connectivity index (χ0) is 14.5. The Morgan fingerprint density at radius 2 is 2.10 bits per heavy atom. The molecule has 108 valence electrons. The molecule has 2 aromatic rings. The molecule has 0 bridgehead atoms. The van der Waals surface area contributed by atoms with Gasteiger partial charge < -0.3 is 19.8 Å². The lowest BCUT2D eigenvalue weighted by molar-refractivity contribution is 0.319. The lowest BCUT2D eigenvalue weighted by Gasteiger charge is -2.22. The molecule has 0 fully saturated rings. The van der Waals surface area contributed by atoms with Gasteiger partial charge in [-0.2, -0.15) is 0 Å². The Kier molecular flexibility index (Phi) is 4.56. The van der Waals surface area contributed by atoms with Crippen LogP contribution in [0.25, 0.3) is 0 Å². The minimum absolute atomic E-state index is 0.679. The molecule has 2 rings (SSSR count). The van der Waals surface area contributed by atoms with Crippen LogP contribution in [-0.4, -0.2) is 13.7 Å². The molecule has 0 radical (unpaired) electrons. The van der Waals surface area contributed by atoms with Crippen LogP contribution < -0.4 is 15.4 Å². The highest BCUT2D eigenvalue weighted by atomic mass is 16.5. The van der Waals surface area contributed by atoms with Crippen molar-refractivity contribution in [3.63, 3.8) is 0 Å². The van der Waals surface area contributed by atoms with E-state index >= 15 is 0 Å². The van der Waals surface area contributed by atoms with Gasteiger partial charge in [0.25, 0.3) is 0 Å². The SMILES string of the molecule is CCCOc1cccc(N(C)Cc2ccoc2C)c1N. The van der Waals surface area contributed by atoms with Crippen LogP contribution in [0.3, 0.4) is 0 Å². The summed E-state index contributed by atoms with van der Waals surface area (Å²) in [4.78, 5) is 2.10. The molecule has 0 aliphatic rings. The highest BCUT2D eigenvalue weighted by Gasteiger charge is 2.12. The molecule has 0 saturated heterocycles. The first-order valence-corrected chi connectivity index (χ1v) is 6.89. The zero-order valence-corrected chi connectivity index (χ0v) is 12.3. The first kappa shape index (κ1) is 14.3. The van der Waals surface area contributed by atoms with Crippen molar-refractivity contribution in [3.05, 3.63) is 41.9 Å². The van der Waals surface area contributed by atoms with Crippen molar-refractivity contribution < 1.29 is 9.15 Å². The number of hydrogen-bond donors (Lipinski definition) is 1. The van der Waals surface area contributed by atoms with Crippen molar-refractivity contribution >= 4 is 11.4 Å². The van der Waals surface area contributed by atoms with Crippen molar-refractivity contribution in [2.75, 3.05) is 24.3 Å². The van der Waals surface area contributed by atoms with Gasteiger partial charge in [0.05, 0.1) is 24.2 Å². The van der Waals surface area contributed by atoms with Gasteiger partial charge in [0.2, 0.25) is 0 Å². The predicted molar refractivity (Wildman–Crippen MR) is 82.2 cm³/mol. The second-order valence-corrected chi connectivity index (χ2v) is 4.90. The van der Waals surface area contributed by atoms with E-state index in [2.05, 4.69) is 11.8 Å². The summed E-state index contributed by atoms with van der Waals surface area (Å²) in [6.45, 7) is 5.48. The van der Waals surface area contributed by atoms with Gasteiger partial charge in [-0.1, -0.05) is 13.0 Å². The highest BCUT2D eigenvalue weighted by molar-refractivity contribution is 5.73. The monoisotopic (exact) mass is 274 g/mol. The van der Waals surface area contributed by atoms with Crippen LogP contribution in [-0.2, 0) is 6.54 Å². The van der Waals surface area contributed by atoms with E-state index in [0.29, 0.717) is 12.3 Å². The minimum atomic E-state index is 0.679. The van der Waals surface area contributed by atoms with Crippen LogP contribution in [0.1, 0.15) is 24.7 Å². The molecule has 0 amide bonds. The first-order chi connectivity index (χ1) is 9.63. The molecule has 4 nitrogen and oxygen atoms in total. The molecule has 2 N–H and O–H groups in total. The topological polar surface area (TPSA) is 51.6 Å². The molecule has 1 heterocycles. The van der Waals surface area contributed by atoms with Crippen molar-refractivity contribution in [1.29, 1.82) is 0 Å². The summed E-state index contributed by atoms with van der Waals surface area (Å²) in [5.41, 5.74) is 9.02. The fourth-order valence-electron chi connectivity index (χ4n) is 2.12. The number of nitrogen functional groups attached to an aromatic ring is 1. The standard InChI is InChI=1S/C16H22N2O2/c1-4-9-20-15-7-5-6-14(16(15)17)18(3)11-13-8-10-19-12(13)2/h5-8,10H,4,9,11,17H2,1-3H3. The summed E-state index contributed by atoms with van der Waals surface area (Å²) in [7, 11) is 2.02. The second-order valence-electron chi connectivity index (χ2n) is 4.90. The van der Waals surface area contributed by atoms with Gasteiger partial charge in [0.15, 0.2) is 0 Å². The summed E-state index contributed by atoms with van der Waals surface area (Å²) in [6, 6.07) is 7.86. The molecule has 0 unspecified atom stereocenters. The zero-order valence-electron chi connectivity index (χ0n) is 12.3. The van der Waals surface area contributed by atoms with E-state index in [4.69, 9.17) is 14.9 Å². The van der Waals surface area contributed by atoms with E-state index in [9.17, 15) is 0 Å². The van der Waals surface area contributed by atoms with E-state index in [1.807, 2.05) is 38.2 Å². The number of nitrogens with two attached hydrogens (primary N) is 1. The number of hydrogen-bond acceptors (Lipinski definition) is 4. The van der Waals surface area contributed by atoms with E-state index in [1.165, 1.54) is 0 Å². The van der Waals surface area contributed by atoms with Gasteiger partial charge in [-0.15, -0.1) is 0 Å². The van der Waals surface area contributed by atoms with E-state index in [0.717, 1.165) is 35.7 Å². The Balaban J connectivity index is 2.17. The number of aryl methyl sites for hydroxylation is 1. The molecule has 4 heteroatoms. The third-order valence-corrected chi connectivity index (χ3v) is 3.29. The van der Waals surface area contributed by atoms with Gasteiger partial charge in [0, 0.05) is 19.2 Å². The fraction of sp³-hybridized carbons (Fsp3) is 0.375. The molecule has 0 atom stereocenters. The normalized spacial score (nSPS) is 10.6. The van der Waals surface area contributed by atoms with Gasteiger partial charge in [0.1, 0.15) is 11.5 Å². The number of ether oxygens (including phenoxy) is 1. The van der Waals surface area contributed by atoms with Crippen LogP contribution >= 0.6 is 0 Å². The van der Waals surface area contributed by atoms with Crippen LogP contribution in [0.5, 0.6) is 5.75 Å². The summed E-state index contributed by atoms with van der Waals surface area (Å²) < 4.78 is 11.0. The second kappa shape index (κ2) is 6.37. The van der Waals surface area contributed by atoms with E-state index in [1.54, 1.807) is 6.26 Å². The van der Waals surface area contributed by atoms with Gasteiger partial charge in [-0.05, 0) is 31.5 Å². The molecule has 1 aromatic heterocycles. The third kappa shape index (κ3) is 3.07. The molecule has 1 aromatic carbocycles. The number of furan rings is 1. The maximum absolute atomic E-state index is 6.20. The first-order valence-electron chi connectivity index (χ1n) is 6.89. The van der Waals surface area contributed by atoms with Crippen molar-refractivity contribution in [2.24, 2.45) is 0 Å². The minimum Gasteiger partial charge on any atom is -0.491 e. The summed E-state index contributed by atoms with van der Waals surface area (Å²) in [6.07, 6.45) is 2.68. The molecule has 0 aliphatic heterocycles. The largest absolute Gasteiger partial charge is 0.491 e. The van der Waals surface area contributed by atoms with Gasteiger partial charge in [-0.25, -0.2) is 0 Å². The third-order valence-electron chi connectivity index (χ3n) is 3.29. The predicted octanol–water partition coefficient (Wildman–Crippen LogP) is 3.60. The average molecular weight is 274 g/mol. The van der Waals surface area contributed by atoms with Crippen molar-refractivity contribution in [3.8, 4) is 5.75 Å². The maximum atomic E-state index is 6.20. The van der Waals surface area contributed by atoms with Crippen LogP contribution in [0, 0.1) is 6.92 Å². The number of benzene rings is 1. The summed E-state index contributed by atoms with van der Waals surface area (Å²) in [5, 5.41) is 0. The number of nitrogens with zero attached hydrogens (tertiary/aromatic N) is 1. The van der Waals surface area contributed by atoms with Gasteiger partial charge in [-0.3, -0.25) is 0 Å². The smallest absolute Gasteiger partial charge is 0.144 e. The molecule has 20 heavy (non-hydrogen) atoms. The van der Waals surface area contributed by atoms with Crippen LogP contribution in [0.2, 0.25) is 0 Å². The number of para-hydroxylation sites is 1. The van der Waals surface area contributed by atoms with Crippen molar-refractivity contribution in [2.45, 2.75) is 26.8 Å². The summed E-state index contributed by atoms with van der Waals surface area (Å²) in [5.74, 6) is 1.69. The lowest BCUT2D eigenvalue weighted by atomic mass is 10.2. The Hall–Kier alpha value is -2.10. The average Bonchev–Trinajstić information content (AvgIpc) is 2.83. The Morgan fingerprint density at radius 3 is 2.75 bits per heavy atom. The Morgan fingerprint density at radius 1 is 1.30 bits per heavy atom. The summed E-state index contributed by atoms with van der Waals surface area (Å²) >= 11 is 0. The Bertz CT molecular complexity index is 563. The quantitative estimate of drug-likeness (QED) is 0.818. The van der Waals surface area contributed by atoms with Gasteiger partial charge >= 0.3 is 0 Å². The van der Waals surface area contributed by atoms with Crippen LogP contribution in [0.4, 0.5) is 11.4 Å².